The van der Waals surface area contributed by atoms with Gasteiger partial charge < -0.3 is 25.6 Å². The van der Waals surface area contributed by atoms with Crippen LogP contribution in [-0.4, -0.2) is 60.3 Å². The van der Waals surface area contributed by atoms with Gasteiger partial charge in [-0.25, -0.2) is 4.98 Å². The number of thioether (sulfide) groups is 1. The Morgan fingerprint density at radius 1 is 1.13 bits per heavy atom. The molecule has 0 unspecified atom stereocenters. The maximum absolute atomic E-state index is 12.4. The summed E-state index contributed by atoms with van der Waals surface area (Å²) >= 11 is 1.74. The van der Waals surface area contributed by atoms with Gasteiger partial charge >= 0.3 is 0 Å². The largest absolute Gasteiger partial charge is 0.492 e. The van der Waals surface area contributed by atoms with E-state index >= 15 is 0 Å². The van der Waals surface area contributed by atoms with Crippen molar-refractivity contribution in [2.45, 2.75) is 43.9 Å². The Labute approximate surface area is 229 Å². The summed E-state index contributed by atoms with van der Waals surface area (Å²) in [6, 6.07) is 11.8. The van der Waals surface area contributed by atoms with E-state index in [1.807, 2.05) is 25.1 Å². The Morgan fingerprint density at radius 3 is 2.68 bits per heavy atom. The number of likely N-dealkylation sites (tertiary alicyclic amines) is 1. The molecule has 3 N–H and O–H groups in total. The SMILES string of the molecule is CCOc1cc(C2CCN(C)CC2)c(C)cc1Nc1nc2c(c(Nc3ccccc3C(=O)NC)n1)SCC2. The number of ether oxygens (including phenoxy) is 1. The van der Waals surface area contributed by atoms with Crippen molar-refractivity contribution in [2.24, 2.45) is 0 Å². The molecule has 1 aromatic heterocycles. The molecule has 1 amide bonds. The number of amides is 1. The van der Waals surface area contributed by atoms with E-state index < -0.39 is 0 Å². The molecule has 0 atom stereocenters. The molecule has 3 aromatic rings. The number of nitrogens with one attached hydrogen (secondary N) is 3. The standard InChI is InChI=1S/C29H36N6O2S/c1-5-37-25-17-21(19-10-13-35(4)14-11-19)18(2)16-24(25)33-29-32-23-12-15-38-26(23)27(34-29)31-22-9-7-6-8-20(22)28(36)30-3/h6-9,16-17,19H,5,10-15H2,1-4H3,(H,30,36)(H2,31,32,33,34). The molecule has 2 aromatic carbocycles. The molecule has 0 spiro atoms. The maximum Gasteiger partial charge on any atom is 0.253 e. The van der Waals surface area contributed by atoms with Crippen molar-refractivity contribution in [1.82, 2.24) is 20.2 Å². The predicted octanol–water partition coefficient (Wildman–Crippen LogP) is 5.49. The third kappa shape index (κ3) is 5.59. The number of nitrogens with zero attached hydrogens (tertiary/aromatic N) is 3. The molecule has 9 heteroatoms. The van der Waals surface area contributed by atoms with Crippen LogP contribution in [0.15, 0.2) is 41.3 Å². The third-order valence-corrected chi connectivity index (χ3v) is 8.37. The number of rotatable bonds is 8. The number of hydrogen-bond donors (Lipinski definition) is 3. The van der Waals surface area contributed by atoms with Crippen molar-refractivity contribution >= 4 is 40.8 Å². The number of para-hydroxylation sites is 1. The van der Waals surface area contributed by atoms with Gasteiger partial charge in [-0.2, -0.15) is 4.98 Å². The zero-order valence-electron chi connectivity index (χ0n) is 22.6. The second-order valence-electron chi connectivity index (χ2n) is 9.86. The average molecular weight is 533 g/mol. The number of fused-ring (bicyclic) bond motifs is 1. The van der Waals surface area contributed by atoms with Gasteiger partial charge in [0.25, 0.3) is 5.91 Å². The fraction of sp³-hybridized carbons (Fsp3) is 0.414. The van der Waals surface area contributed by atoms with E-state index in [-0.39, 0.29) is 5.91 Å². The summed E-state index contributed by atoms with van der Waals surface area (Å²) in [5.41, 5.74) is 5.76. The molecule has 2 aliphatic heterocycles. The van der Waals surface area contributed by atoms with Gasteiger partial charge in [0, 0.05) is 19.2 Å². The van der Waals surface area contributed by atoms with Crippen LogP contribution >= 0.6 is 11.8 Å². The summed E-state index contributed by atoms with van der Waals surface area (Å²) < 4.78 is 6.10. The van der Waals surface area contributed by atoms with E-state index in [2.05, 4.69) is 47.0 Å². The van der Waals surface area contributed by atoms with Crippen LogP contribution in [-0.2, 0) is 6.42 Å². The molecule has 3 heterocycles. The van der Waals surface area contributed by atoms with Crippen LogP contribution in [0.1, 0.15) is 52.9 Å². The topological polar surface area (TPSA) is 91.4 Å². The highest BCUT2D eigenvalue weighted by Gasteiger charge is 2.24. The van der Waals surface area contributed by atoms with Crippen LogP contribution < -0.4 is 20.7 Å². The highest BCUT2D eigenvalue weighted by atomic mass is 32.2. The lowest BCUT2D eigenvalue weighted by atomic mass is 9.86. The quantitative estimate of drug-likeness (QED) is 0.351. The second kappa shape index (κ2) is 11.6. The Bertz CT molecular complexity index is 1320. The van der Waals surface area contributed by atoms with Gasteiger partial charge in [0.05, 0.1) is 34.1 Å². The van der Waals surface area contributed by atoms with Gasteiger partial charge in [-0.1, -0.05) is 12.1 Å². The Hall–Kier alpha value is -3.30. The van der Waals surface area contributed by atoms with E-state index in [0.29, 0.717) is 35.5 Å². The number of piperidine rings is 1. The first kappa shape index (κ1) is 26.3. The van der Waals surface area contributed by atoms with Crippen molar-refractivity contribution in [3.8, 4) is 5.75 Å². The van der Waals surface area contributed by atoms with Crippen molar-refractivity contribution < 1.29 is 9.53 Å². The Morgan fingerprint density at radius 2 is 1.92 bits per heavy atom. The molecule has 38 heavy (non-hydrogen) atoms. The van der Waals surface area contributed by atoms with Gasteiger partial charge in [0.2, 0.25) is 5.95 Å². The van der Waals surface area contributed by atoms with E-state index in [1.165, 1.54) is 11.1 Å². The van der Waals surface area contributed by atoms with Crippen LogP contribution in [0, 0.1) is 6.92 Å². The van der Waals surface area contributed by atoms with E-state index in [9.17, 15) is 4.79 Å². The number of anilines is 4. The first-order valence-electron chi connectivity index (χ1n) is 13.3. The zero-order valence-corrected chi connectivity index (χ0v) is 23.4. The predicted molar refractivity (Wildman–Crippen MR) is 155 cm³/mol. The average Bonchev–Trinajstić information content (AvgIpc) is 3.40. The third-order valence-electron chi connectivity index (χ3n) is 7.25. The van der Waals surface area contributed by atoms with Crippen LogP contribution in [0.25, 0.3) is 0 Å². The number of aromatic nitrogens is 2. The van der Waals surface area contributed by atoms with E-state index in [1.54, 1.807) is 24.9 Å². The van der Waals surface area contributed by atoms with Gasteiger partial charge in [-0.05, 0) is 88.1 Å². The molecular formula is C29H36N6O2S. The van der Waals surface area contributed by atoms with Gasteiger partial charge in [0.1, 0.15) is 11.6 Å². The highest BCUT2D eigenvalue weighted by molar-refractivity contribution is 7.99. The van der Waals surface area contributed by atoms with Crippen LogP contribution in [0.3, 0.4) is 0 Å². The monoisotopic (exact) mass is 532 g/mol. The summed E-state index contributed by atoms with van der Waals surface area (Å²) in [6.45, 7) is 7.00. The normalized spacial score (nSPS) is 15.7. The van der Waals surface area contributed by atoms with Crippen LogP contribution in [0.2, 0.25) is 0 Å². The number of carbonyl (C=O) groups excluding carboxylic acids is 1. The molecule has 5 rings (SSSR count). The minimum Gasteiger partial charge on any atom is -0.492 e. The number of aryl methyl sites for hydroxylation is 2. The first-order chi connectivity index (χ1) is 18.5. The Kier molecular flexibility index (Phi) is 8.04. The summed E-state index contributed by atoms with van der Waals surface area (Å²) in [7, 11) is 3.83. The second-order valence-corrected chi connectivity index (χ2v) is 11.0. The van der Waals surface area contributed by atoms with Gasteiger partial charge in [-0.15, -0.1) is 11.8 Å². The van der Waals surface area contributed by atoms with E-state index in [0.717, 1.165) is 60.1 Å². The minimum absolute atomic E-state index is 0.147. The Balaban J connectivity index is 1.47. The molecule has 0 radical (unpaired) electrons. The number of carbonyl (C=O) groups is 1. The smallest absolute Gasteiger partial charge is 0.253 e. The minimum atomic E-state index is -0.147. The molecule has 0 aliphatic carbocycles. The molecule has 2 aliphatic rings. The van der Waals surface area contributed by atoms with Crippen molar-refractivity contribution in [3.63, 3.8) is 0 Å². The maximum atomic E-state index is 12.4. The molecule has 1 saturated heterocycles. The number of benzene rings is 2. The molecule has 200 valence electrons. The zero-order chi connectivity index (χ0) is 26.6. The van der Waals surface area contributed by atoms with Gasteiger partial charge in [-0.3, -0.25) is 4.79 Å². The summed E-state index contributed by atoms with van der Waals surface area (Å²) in [5.74, 6) is 3.39. The highest BCUT2D eigenvalue weighted by Crippen LogP contribution is 2.40. The fourth-order valence-electron chi connectivity index (χ4n) is 5.22. The fourth-order valence-corrected chi connectivity index (χ4v) is 6.26. The lowest BCUT2D eigenvalue weighted by Crippen LogP contribution is -2.29. The molecule has 8 nitrogen and oxygen atoms in total. The van der Waals surface area contributed by atoms with Crippen molar-refractivity contribution in [2.75, 3.05) is 50.2 Å². The number of hydrogen-bond acceptors (Lipinski definition) is 8. The van der Waals surface area contributed by atoms with E-state index in [4.69, 9.17) is 14.7 Å². The molecule has 0 saturated carbocycles. The lowest BCUT2D eigenvalue weighted by Gasteiger charge is -2.30. The van der Waals surface area contributed by atoms with Crippen LogP contribution in [0.4, 0.5) is 23.1 Å². The summed E-state index contributed by atoms with van der Waals surface area (Å²) in [5, 5.41) is 9.58. The molecular weight excluding hydrogens is 496 g/mol. The van der Waals surface area contributed by atoms with Crippen molar-refractivity contribution in [1.29, 1.82) is 0 Å². The summed E-state index contributed by atoms with van der Waals surface area (Å²) in [4.78, 5) is 25.6. The molecule has 1 fully saturated rings. The van der Waals surface area contributed by atoms with Crippen molar-refractivity contribution in [3.05, 3.63) is 58.8 Å². The van der Waals surface area contributed by atoms with Crippen LogP contribution in [0.5, 0.6) is 5.75 Å². The lowest BCUT2D eigenvalue weighted by molar-refractivity contribution is 0.0964. The summed E-state index contributed by atoms with van der Waals surface area (Å²) in [6.07, 6.45) is 3.19. The first-order valence-corrected chi connectivity index (χ1v) is 14.3. The van der Waals surface area contributed by atoms with Gasteiger partial charge in [0.15, 0.2) is 0 Å². The molecule has 0 bridgehead atoms.